The maximum Gasteiger partial charge on any atom is 0.303 e. The molecule has 0 bridgehead atoms. The Morgan fingerprint density at radius 2 is 1.67 bits per heavy atom. The van der Waals surface area contributed by atoms with Crippen molar-refractivity contribution < 1.29 is 24.2 Å². The Kier molecular flexibility index (Phi) is 4.33. The standard InChI is InChI=1S/C16H13FO4/c17-14-9-12(18)5-6-13(14)10-1-3-11(4-2-10)15(19)7-8-16(20)21/h1-6,9,18H,7-8H2,(H,20,21). The molecule has 0 aromatic heterocycles. The molecule has 21 heavy (non-hydrogen) atoms. The molecular formula is C16H13FO4. The van der Waals surface area contributed by atoms with Gasteiger partial charge in [0.15, 0.2) is 5.78 Å². The number of carbonyl (C=O) groups excluding carboxylic acids is 1. The minimum absolute atomic E-state index is 0.0672. The zero-order valence-corrected chi connectivity index (χ0v) is 11.0. The maximum atomic E-state index is 13.7. The number of carboxylic acid groups (broad SMARTS) is 1. The molecule has 2 aromatic rings. The van der Waals surface area contributed by atoms with E-state index in [1.165, 1.54) is 24.3 Å². The van der Waals surface area contributed by atoms with E-state index in [1.54, 1.807) is 12.1 Å². The largest absolute Gasteiger partial charge is 0.508 e. The third-order valence-electron chi connectivity index (χ3n) is 3.04. The summed E-state index contributed by atoms with van der Waals surface area (Å²) in [5, 5.41) is 17.7. The minimum atomic E-state index is -1.02. The molecule has 0 saturated heterocycles. The van der Waals surface area contributed by atoms with Gasteiger partial charge in [0.2, 0.25) is 0 Å². The van der Waals surface area contributed by atoms with Crippen LogP contribution in [0.15, 0.2) is 42.5 Å². The molecular weight excluding hydrogens is 275 g/mol. The monoisotopic (exact) mass is 288 g/mol. The Bertz CT molecular complexity index is 677. The smallest absolute Gasteiger partial charge is 0.303 e. The number of hydrogen-bond acceptors (Lipinski definition) is 3. The van der Waals surface area contributed by atoms with Crippen LogP contribution < -0.4 is 0 Å². The van der Waals surface area contributed by atoms with Crippen molar-refractivity contribution in [1.29, 1.82) is 0 Å². The fraction of sp³-hybridized carbons (Fsp3) is 0.125. The van der Waals surface area contributed by atoms with Crippen molar-refractivity contribution in [3.8, 4) is 16.9 Å². The quantitative estimate of drug-likeness (QED) is 0.828. The van der Waals surface area contributed by atoms with Gasteiger partial charge in [-0.1, -0.05) is 24.3 Å². The molecule has 0 heterocycles. The number of carboxylic acids is 1. The van der Waals surface area contributed by atoms with Crippen molar-refractivity contribution >= 4 is 11.8 Å². The fourth-order valence-corrected chi connectivity index (χ4v) is 1.94. The molecule has 0 spiro atoms. The Hall–Kier alpha value is -2.69. The first-order chi connectivity index (χ1) is 9.97. The van der Waals surface area contributed by atoms with Gasteiger partial charge in [-0.15, -0.1) is 0 Å². The van der Waals surface area contributed by atoms with Gasteiger partial charge in [-0.2, -0.15) is 0 Å². The van der Waals surface area contributed by atoms with Crippen molar-refractivity contribution in [1.82, 2.24) is 0 Å². The molecule has 0 unspecified atom stereocenters. The first-order valence-electron chi connectivity index (χ1n) is 6.31. The summed E-state index contributed by atoms with van der Waals surface area (Å²) >= 11 is 0. The summed E-state index contributed by atoms with van der Waals surface area (Å²) in [6, 6.07) is 10.1. The number of aromatic hydroxyl groups is 1. The van der Waals surface area contributed by atoms with Crippen LogP contribution in [0.25, 0.3) is 11.1 Å². The van der Waals surface area contributed by atoms with E-state index in [0.717, 1.165) is 6.07 Å². The predicted molar refractivity (Wildman–Crippen MR) is 74.7 cm³/mol. The van der Waals surface area contributed by atoms with Crippen LogP contribution >= 0.6 is 0 Å². The van der Waals surface area contributed by atoms with E-state index in [1.807, 2.05) is 0 Å². The summed E-state index contributed by atoms with van der Waals surface area (Å²) in [5.41, 5.74) is 1.28. The highest BCUT2D eigenvalue weighted by molar-refractivity contribution is 5.97. The predicted octanol–water partition coefficient (Wildman–Crippen LogP) is 3.25. The highest BCUT2D eigenvalue weighted by Crippen LogP contribution is 2.26. The lowest BCUT2D eigenvalue weighted by Gasteiger charge is -2.05. The molecule has 2 N–H and O–H groups in total. The maximum absolute atomic E-state index is 13.7. The van der Waals surface area contributed by atoms with Crippen molar-refractivity contribution in [2.45, 2.75) is 12.8 Å². The van der Waals surface area contributed by atoms with Gasteiger partial charge in [0.1, 0.15) is 11.6 Å². The van der Waals surface area contributed by atoms with Crippen molar-refractivity contribution in [3.63, 3.8) is 0 Å². The topological polar surface area (TPSA) is 74.6 Å². The first-order valence-corrected chi connectivity index (χ1v) is 6.31. The molecule has 0 fully saturated rings. The van der Waals surface area contributed by atoms with Crippen LogP contribution in [0, 0.1) is 5.82 Å². The number of Topliss-reactive ketones (excluding diaryl/α,β-unsaturated/α-hetero) is 1. The molecule has 4 nitrogen and oxygen atoms in total. The second kappa shape index (κ2) is 6.17. The summed E-state index contributed by atoms with van der Waals surface area (Å²) in [6.45, 7) is 0. The summed E-state index contributed by atoms with van der Waals surface area (Å²) in [4.78, 5) is 22.2. The lowest BCUT2D eigenvalue weighted by molar-refractivity contribution is -0.136. The van der Waals surface area contributed by atoms with E-state index in [-0.39, 0.29) is 24.4 Å². The number of aliphatic carboxylic acids is 1. The van der Waals surface area contributed by atoms with Gasteiger partial charge in [-0.05, 0) is 17.7 Å². The van der Waals surface area contributed by atoms with Gasteiger partial charge in [0.25, 0.3) is 0 Å². The van der Waals surface area contributed by atoms with Gasteiger partial charge >= 0.3 is 5.97 Å². The van der Waals surface area contributed by atoms with Crippen LogP contribution in [0.5, 0.6) is 5.75 Å². The third kappa shape index (κ3) is 3.66. The Labute approximate surface area is 120 Å². The van der Waals surface area contributed by atoms with E-state index < -0.39 is 11.8 Å². The average molecular weight is 288 g/mol. The normalized spacial score (nSPS) is 10.3. The molecule has 108 valence electrons. The molecule has 0 atom stereocenters. The van der Waals surface area contributed by atoms with Crippen LogP contribution in [0.1, 0.15) is 23.2 Å². The van der Waals surface area contributed by atoms with Gasteiger partial charge < -0.3 is 10.2 Å². The lowest BCUT2D eigenvalue weighted by atomic mass is 10.0. The van der Waals surface area contributed by atoms with E-state index >= 15 is 0 Å². The number of phenols is 1. The Morgan fingerprint density at radius 3 is 2.24 bits per heavy atom. The van der Waals surface area contributed by atoms with Crippen molar-refractivity contribution in [2.75, 3.05) is 0 Å². The highest BCUT2D eigenvalue weighted by atomic mass is 19.1. The van der Waals surface area contributed by atoms with Gasteiger partial charge in [0, 0.05) is 23.6 Å². The second-order valence-corrected chi connectivity index (χ2v) is 4.56. The number of hydrogen-bond donors (Lipinski definition) is 2. The van der Waals surface area contributed by atoms with Gasteiger partial charge in [0.05, 0.1) is 6.42 Å². The van der Waals surface area contributed by atoms with Crippen molar-refractivity contribution in [3.05, 3.63) is 53.8 Å². The van der Waals surface area contributed by atoms with Crippen LogP contribution in [-0.2, 0) is 4.79 Å². The van der Waals surface area contributed by atoms with Crippen LogP contribution in [0.2, 0.25) is 0 Å². The SMILES string of the molecule is O=C(O)CCC(=O)c1ccc(-c2ccc(O)cc2F)cc1. The molecule has 0 aliphatic rings. The zero-order chi connectivity index (χ0) is 15.4. The number of phenolic OH excluding ortho intramolecular Hbond substituents is 1. The first kappa shape index (κ1) is 14.7. The lowest BCUT2D eigenvalue weighted by Crippen LogP contribution is -2.03. The fourth-order valence-electron chi connectivity index (χ4n) is 1.94. The van der Waals surface area contributed by atoms with Gasteiger partial charge in [-0.3, -0.25) is 9.59 Å². The third-order valence-corrected chi connectivity index (χ3v) is 3.04. The molecule has 5 heteroatoms. The molecule has 0 aliphatic carbocycles. The minimum Gasteiger partial charge on any atom is -0.508 e. The average Bonchev–Trinajstić information content (AvgIpc) is 2.45. The molecule has 0 aliphatic heterocycles. The highest BCUT2D eigenvalue weighted by Gasteiger charge is 2.10. The molecule has 0 radical (unpaired) electrons. The molecule has 2 aromatic carbocycles. The second-order valence-electron chi connectivity index (χ2n) is 4.56. The summed E-state index contributed by atoms with van der Waals surface area (Å²) in [5.74, 6) is -2.00. The molecule has 2 rings (SSSR count). The van der Waals surface area contributed by atoms with Crippen LogP contribution in [0.4, 0.5) is 4.39 Å². The summed E-state index contributed by atoms with van der Waals surface area (Å²) in [7, 11) is 0. The van der Waals surface area contributed by atoms with Gasteiger partial charge in [-0.25, -0.2) is 4.39 Å². The van der Waals surface area contributed by atoms with Crippen LogP contribution in [0.3, 0.4) is 0 Å². The summed E-state index contributed by atoms with van der Waals surface area (Å²) in [6.07, 6.45) is -0.282. The van der Waals surface area contributed by atoms with E-state index in [9.17, 15) is 19.1 Å². The Balaban J connectivity index is 2.18. The number of halogens is 1. The molecule has 0 amide bonds. The number of rotatable bonds is 5. The summed E-state index contributed by atoms with van der Waals surface area (Å²) < 4.78 is 13.7. The molecule has 0 saturated carbocycles. The van der Waals surface area contributed by atoms with Crippen molar-refractivity contribution in [2.24, 2.45) is 0 Å². The van der Waals surface area contributed by atoms with E-state index in [0.29, 0.717) is 16.7 Å². The number of benzene rings is 2. The van der Waals surface area contributed by atoms with E-state index in [4.69, 9.17) is 5.11 Å². The number of ketones is 1. The van der Waals surface area contributed by atoms with E-state index in [2.05, 4.69) is 0 Å². The number of carbonyl (C=O) groups is 2. The van der Waals surface area contributed by atoms with Crippen LogP contribution in [-0.4, -0.2) is 22.0 Å². The zero-order valence-electron chi connectivity index (χ0n) is 11.0. The Morgan fingerprint density at radius 1 is 1.00 bits per heavy atom.